The molecule has 0 aliphatic carbocycles. The number of hydrogen-bond acceptors (Lipinski definition) is 3. The fourth-order valence-electron chi connectivity index (χ4n) is 2.36. The van der Waals surface area contributed by atoms with Crippen LogP contribution in [-0.2, 0) is 12.8 Å². The Morgan fingerprint density at radius 3 is 2.71 bits per heavy atom. The third kappa shape index (κ3) is 2.43. The third-order valence-electron chi connectivity index (χ3n) is 3.37. The van der Waals surface area contributed by atoms with Crippen LogP contribution in [-0.4, -0.2) is 25.7 Å². The lowest BCUT2D eigenvalue weighted by molar-refractivity contribution is 0.0697. The minimum Gasteiger partial charge on any atom is -0.477 e. The van der Waals surface area contributed by atoms with Gasteiger partial charge in [0.1, 0.15) is 6.33 Å². The van der Waals surface area contributed by atoms with Crippen molar-refractivity contribution in [3.8, 4) is 0 Å². The SMILES string of the molecule is O=C(O)c1c(=O)cc(CCc2ccccc2)n2[nH]cnc12. The summed E-state index contributed by atoms with van der Waals surface area (Å²) in [5.41, 5.74) is 1.19. The number of H-pyrrole nitrogens is 1. The molecule has 106 valence electrons. The van der Waals surface area contributed by atoms with E-state index in [1.807, 2.05) is 30.3 Å². The summed E-state index contributed by atoms with van der Waals surface area (Å²) in [5, 5.41) is 12.0. The molecular formula is C15H13N3O3. The molecule has 0 unspecified atom stereocenters. The van der Waals surface area contributed by atoms with Crippen LogP contribution in [0.15, 0.2) is 47.5 Å². The summed E-state index contributed by atoms with van der Waals surface area (Å²) in [5.74, 6) is -1.26. The molecule has 2 N–H and O–H groups in total. The summed E-state index contributed by atoms with van der Waals surface area (Å²) in [6.45, 7) is 0. The molecule has 0 aliphatic heterocycles. The van der Waals surface area contributed by atoms with Crippen LogP contribution in [0.25, 0.3) is 5.65 Å². The average Bonchev–Trinajstić information content (AvgIpc) is 2.94. The van der Waals surface area contributed by atoms with Crippen LogP contribution in [0, 0.1) is 0 Å². The maximum Gasteiger partial charge on any atom is 0.343 e. The Labute approximate surface area is 119 Å². The van der Waals surface area contributed by atoms with E-state index in [9.17, 15) is 9.59 Å². The normalized spacial score (nSPS) is 10.9. The highest BCUT2D eigenvalue weighted by molar-refractivity contribution is 5.94. The maximum atomic E-state index is 12.0. The van der Waals surface area contributed by atoms with Crippen LogP contribution in [0.2, 0.25) is 0 Å². The topological polar surface area (TPSA) is 87.5 Å². The van der Waals surface area contributed by atoms with Crippen LogP contribution < -0.4 is 5.43 Å². The molecule has 0 aliphatic rings. The molecule has 2 heterocycles. The summed E-state index contributed by atoms with van der Waals surface area (Å²) in [6, 6.07) is 11.2. The minimum atomic E-state index is -1.26. The van der Waals surface area contributed by atoms with E-state index in [1.165, 1.54) is 12.4 Å². The second kappa shape index (κ2) is 5.24. The van der Waals surface area contributed by atoms with Crippen LogP contribution in [0.1, 0.15) is 21.6 Å². The smallest absolute Gasteiger partial charge is 0.343 e. The number of nitrogens with zero attached hydrogens (tertiary/aromatic N) is 2. The first-order valence-corrected chi connectivity index (χ1v) is 6.52. The molecule has 6 nitrogen and oxygen atoms in total. The van der Waals surface area contributed by atoms with Crippen molar-refractivity contribution in [1.82, 2.24) is 14.6 Å². The molecule has 0 bridgehead atoms. The van der Waals surface area contributed by atoms with Gasteiger partial charge in [-0.25, -0.2) is 14.3 Å². The van der Waals surface area contributed by atoms with E-state index in [0.717, 1.165) is 12.0 Å². The highest BCUT2D eigenvalue weighted by atomic mass is 16.4. The number of carboxylic acid groups (broad SMARTS) is 1. The lowest BCUT2D eigenvalue weighted by Gasteiger charge is -2.06. The lowest BCUT2D eigenvalue weighted by Crippen LogP contribution is -2.19. The number of aryl methyl sites for hydroxylation is 2. The summed E-state index contributed by atoms with van der Waals surface area (Å²) < 4.78 is 1.55. The summed E-state index contributed by atoms with van der Waals surface area (Å²) in [6.07, 6.45) is 2.75. The van der Waals surface area contributed by atoms with Gasteiger partial charge in [0.15, 0.2) is 16.6 Å². The molecule has 21 heavy (non-hydrogen) atoms. The Balaban J connectivity index is 2.00. The van der Waals surface area contributed by atoms with E-state index in [1.54, 1.807) is 4.52 Å². The quantitative estimate of drug-likeness (QED) is 0.759. The molecule has 0 amide bonds. The van der Waals surface area contributed by atoms with Crippen molar-refractivity contribution in [3.05, 3.63) is 69.8 Å². The number of fused-ring (bicyclic) bond motifs is 1. The van der Waals surface area contributed by atoms with Crippen molar-refractivity contribution in [3.63, 3.8) is 0 Å². The third-order valence-corrected chi connectivity index (χ3v) is 3.37. The van der Waals surface area contributed by atoms with E-state index in [-0.39, 0.29) is 11.2 Å². The molecule has 0 spiro atoms. The van der Waals surface area contributed by atoms with Crippen molar-refractivity contribution in [2.75, 3.05) is 0 Å². The summed E-state index contributed by atoms with van der Waals surface area (Å²) in [4.78, 5) is 27.1. The second-order valence-corrected chi connectivity index (χ2v) is 4.71. The number of carboxylic acids is 1. The van der Waals surface area contributed by atoms with Gasteiger partial charge in [-0.05, 0) is 18.4 Å². The van der Waals surface area contributed by atoms with Gasteiger partial charge in [-0.15, -0.1) is 0 Å². The van der Waals surface area contributed by atoms with Crippen molar-refractivity contribution < 1.29 is 9.90 Å². The molecule has 0 saturated heterocycles. The van der Waals surface area contributed by atoms with Crippen molar-refractivity contribution in [2.45, 2.75) is 12.8 Å². The molecule has 0 fully saturated rings. The Hall–Kier alpha value is -2.89. The van der Waals surface area contributed by atoms with Gasteiger partial charge in [0.2, 0.25) is 0 Å². The average molecular weight is 283 g/mol. The molecule has 0 atom stereocenters. The fourth-order valence-corrected chi connectivity index (χ4v) is 2.36. The monoisotopic (exact) mass is 283 g/mol. The molecule has 0 saturated carbocycles. The Kier molecular flexibility index (Phi) is 3.27. The number of pyridine rings is 1. The zero-order valence-electron chi connectivity index (χ0n) is 11.1. The van der Waals surface area contributed by atoms with Gasteiger partial charge >= 0.3 is 5.97 Å². The van der Waals surface area contributed by atoms with Crippen LogP contribution >= 0.6 is 0 Å². The maximum absolute atomic E-state index is 12.0. The van der Waals surface area contributed by atoms with E-state index in [2.05, 4.69) is 10.1 Å². The largest absolute Gasteiger partial charge is 0.477 e. The molecule has 3 rings (SSSR count). The molecule has 6 heteroatoms. The fraction of sp³-hybridized carbons (Fsp3) is 0.133. The highest BCUT2D eigenvalue weighted by Gasteiger charge is 2.17. The molecule has 2 aromatic heterocycles. The van der Waals surface area contributed by atoms with E-state index in [0.29, 0.717) is 12.1 Å². The number of aromatic nitrogens is 3. The summed E-state index contributed by atoms with van der Waals surface area (Å²) in [7, 11) is 0. The number of aromatic carboxylic acids is 1. The van der Waals surface area contributed by atoms with E-state index >= 15 is 0 Å². The van der Waals surface area contributed by atoms with Crippen LogP contribution in [0.4, 0.5) is 0 Å². The first-order chi connectivity index (χ1) is 10.2. The van der Waals surface area contributed by atoms with E-state index in [4.69, 9.17) is 5.11 Å². The first kappa shape index (κ1) is 13.1. The Morgan fingerprint density at radius 1 is 1.24 bits per heavy atom. The van der Waals surface area contributed by atoms with Gasteiger partial charge in [0, 0.05) is 11.8 Å². The second-order valence-electron chi connectivity index (χ2n) is 4.71. The predicted octanol–water partition coefficient (Wildman–Crippen LogP) is 1.51. The van der Waals surface area contributed by atoms with Gasteiger partial charge < -0.3 is 5.11 Å². The zero-order chi connectivity index (χ0) is 14.8. The standard InChI is InChI=1S/C15H13N3O3/c19-12-8-11(7-6-10-4-2-1-3-5-10)18-14(16-9-17-18)13(12)15(20)21/h1-5,8-9H,6-7H2,(H,16,17)(H,20,21). The number of nitrogens with one attached hydrogen (secondary N) is 1. The number of rotatable bonds is 4. The highest BCUT2D eigenvalue weighted by Crippen LogP contribution is 2.10. The van der Waals surface area contributed by atoms with Gasteiger partial charge in [0.05, 0.1) is 0 Å². The van der Waals surface area contributed by atoms with Gasteiger partial charge in [0.25, 0.3) is 0 Å². The van der Waals surface area contributed by atoms with Gasteiger partial charge in [-0.1, -0.05) is 30.3 Å². The lowest BCUT2D eigenvalue weighted by atomic mass is 10.1. The molecule has 1 aromatic carbocycles. The number of hydrogen-bond donors (Lipinski definition) is 2. The molecule has 3 aromatic rings. The number of aromatic amines is 1. The summed E-state index contributed by atoms with van der Waals surface area (Å²) >= 11 is 0. The minimum absolute atomic E-state index is 0.151. The van der Waals surface area contributed by atoms with Crippen molar-refractivity contribution in [1.29, 1.82) is 0 Å². The Morgan fingerprint density at radius 2 is 2.00 bits per heavy atom. The molecular weight excluding hydrogens is 270 g/mol. The zero-order valence-corrected chi connectivity index (χ0v) is 11.1. The van der Waals surface area contributed by atoms with Crippen LogP contribution in [0.5, 0.6) is 0 Å². The predicted molar refractivity (Wildman–Crippen MR) is 76.6 cm³/mol. The van der Waals surface area contributed by atoms with Crippen molar-refractivity contribution >= 4 is 11.6 Å². The van der Waals surface area contributed by atoms with Gasteiger partial charge in [-0.2, -0.15) is 0 Å². The van der Waals surface area contributed by atoms with Crippen molar-refractivity contribution in [2.24, 2.45) is 0 Å². The number of benzene rings is 1. The molecule has 0 radical (unpaired) electrons. The number of carbonyl (C=O) groups is 1. The van der Waals surface area contributed by atoms with Crippen LogP contribution in [0.3, 0.4) is 0 Å². The van der Waals surface area contributed by atoms with Gasteiger partial charge in [-0.3, -0.25) is 9.89 Å². The first-order valence-electron chi connectivity index (χ1n) is 6.52. The Bertz CT molecular complexity index is 849. The van der Waals surface area contributed by atoms with E-state index < -0.39 is 11.4 Å².